The first-order valence-electron chi connectivity index (χ1n) is 10.4. The molecule has 2 aromatic rings. The molecule has 2 heterocycles. The summed E-state index contributed by atoms with van der Waals surface area (Å²) in [4.78, 5) is 23.7. The fourth-order valence-electron chi connectivity index (χ4n) is 4.29. The Labute approximate surface area is 166 Å². The summed E-state index contributed by atoms with van der Waals surface area (Å²) < 4.78 is 0. The summed E-state index contributed by atoms with van der Waals surface area (Å²) in [5.41, 5.74) is 2.58. The van der Waals surface area contributed by atoms with Crippen molar-refractivity contribution < 1.29 is 9.90 Å². The third-order valence-electron chi connectivity index (χ3n) is 5.89. The van der Waals surface area contributed by atoms with Crippen LogP contribution in [0.3, 0.4) is 0 Å². The maximum Gasteiger partial charge on any atom is 0.227 e. The van der Waals surface area contributed by atoms with E-state index in [-0.39, 0.29) is 24.5 Å². The summed E-state index contributed by atoms with van der Waals surface area (Å²) in [7, 11) is 0. The SMILES string of the molecule is O=C(Nc1cccc(-c2ccnc(N3CCCC[C@@H]3CO)n2)c1)C1CCCC1. The molecule has 2 N–H and O–H groups in total. The first-order valence-corrected chi connectivity index (χ1v) is 10.4. The predicted octanol–water partition coefficient (Wildman–Crippen LogP) is 3.62. The Morgan fingerprint density at radius 3 is 2.79 bits per heavy atom. The van der Waals surface area contributed by atoms with Crippen molar-refractivity contribution >= 4 is 17.5 Å². The Bertz CT molecular complexity index is 820. The molecule has 6 heteroatoms. The Balaban J connectivity index is 1.53. The van der Waals surface area contributed by atoms with E-state index >= 15 is 0 Å². The number of aromatic nitrogens is 2. The molecule has 1 aliphatic carbocycles. The molecule has 6 nitrogen and oxygen atoms in total. The molecule has 1 aromatic carbocycles. The van der Waals surface area contributed by atoms with Crippen LogP contribution in [0.1, 0.15) is 44.9 Å². The normalized spacial score (nSPS) is 20.3. The van der Waals surface area contributed by atoms with E-state index in [0.29, 0.717) is 5.95 Å². The van der Waals surface area contributed by atoms with Gasteiger partial charge in [0.25, 0.3) is 0 Å². The monoisotopic (exact) mass is 380 g/mol. The van der Waals surface area contributed by atoms with E-state index in [1.807, 2.05) is 30.3 Å². The summed E-state index contributed by atoms with van der Waals surface area (Å²) in [6.45, 7) is 0.989. The lowest BCUT2D eigenvalue weighted by Gasteiger charge is -2.34. The highest BCUT2D eigenvalue weighted by atomic mass is 16.3. The van der Waals surface area contributed by atoms with Crippen molar-refractivity contribution in [3.05, 3.63) is 36.5 Å². The Kier molecular flexibility index (Phi) is 5.86. The van der Waals surface area contributed by atoms with Crippen LogP contribution >= 0.6 is 0 Å². The molecule has 0 bridgehead atoms. The third kappa shape index (κ3) is 4.17. The summed E-state index contributed by atoms with van der Waals surface area (Å²) in [6.07, 6.45) is 9.22. The van der Waals surface area contributed by atoms with Crippen LogP contribution in [0.25, 0.3) is 11.3 Å². The van der Waals surface area contributed by atoms with Gasteiger partial charge in [0.2, 0.25) is 11.9 Å². The molecule has 2 aliphatic rings. The van der Waals surface area contributed by atoms with Crippen LogP contribution in [0, 0.1) is 5.92 Å². The van der Waals surface area contributed by atoms with Gasteiger partial charge in [0.15, 0.2) is 0 Å². The van der Waals surface area contributed by atoms with Gasteiger partial charge in [-0.2, -0.15) is 0 Å². The number of benzene rings is 1. The number of hydrogen-bond donors (Lipinski definition) is 2. The molecule has 1 amide bonds. The topological polar surface area (TPSA) is 78.4 Å². The van der Waals surface area contributed by atoms with Gasteiger partial charge in [-0.15, -0.1) is 0 Å². The van der Waals surface area contributed by atoms with Crippen molar-refractivity contribution in [1.82, 2.24) is 9.97 Å². The highest BCUT2D eigenvalue weighted by Gasteiger charge is 2.24. The number of piperidine rings is 1. The number of hydrogen-bond acceptors (Lipinski definition) is 5. The molecule has 1 saturated carbocycles. The van der Waals surface area contributed by atoms with Crippen LogP contribution < -0.4 is 10.2 Å². The van der Waals surface area contributed by atoms with Gasteiger partial charge in [-0.25, -0.2) is 9.97 Å². The molecule has 2 fully saturated rings. The average Bonchev–Trinajstić information content (AvgIpc) is 3.29. The van der Waals surface area contributed by atoms with E-state index < -0.39 is 0 Å². The quantitative estimate of drug-likeness (QED) is 0.828. The smallest absolute Gasteiger partial charge is 0.227 e. The number of aliphatic hydroxyl groups excluding tert-OH is 1. The average molecular weight is 380 g/mol. The number of carbonyl (C=O) groups excluding carboxylic acids is 1. The largest absolute Gasteiger partial charge is 0.394 e. The highest BCUT2D eigenvalue weighted by Crippen LogP contribution is 2.28. The molecular weight excluding hydrogens is 352 g/mol. The van der Waals surface area contributed by atoms with E-state index in [1.165, 1.54) is 0 Å². The fourth-order valence-corrected chi connectivity index (χ4v) is 4.29. The minimum atomic E-state index is 0.0843. The van der Waals surface area contributed by atoms with Crippen LogP contribution in [0.15, 0.2) is 36.5 Å². The van der Waals surface area contributed by atoms with Crippen LogP contribution in [-0.4, -0.2) is 40.2 Å². The molecule has 1 aromatic heterocycles. The van der Waals surface area contributed by atoms with E-state index in [9.17, 15) is 9.90 Å². The predicted molar refractivity (Wildman–Crippen MR) is 110 cm³/mol. The minimum absolute atomic E-state index is 0.0843. The Morgan fingerprint density at radius 1 is 1.14 bits per heavy atom. The lowest BCUT2D eigenvalue weighted by molar-refractivity contribution is -0.119. The molecule has 4 rings (SSSR count). The zero-order chi connectivity index (χ0) is 19.3. The van der Waals surface area contributed by atoms with Crippen LogP contribution in [0.4, 0.5) is 11.6 Å². The standard InChI is InChI=1S/C22H28N4O2/c27-15-19-10-3-4-13-26(19)22-23-12-11-20(25-22)17-8-5-9-18(14-17)24-21(28)16-6-1-2-7-16/h5,8-9,11-12,14,16,19,27H,1-4,6-7,10,13,15H2,(H,24,28)/t19-/m1/s1. The number of nitrogens with one attached hydrogen (secondary N) is 1. The van der Waals surface area contributed by atoms with Gasteiger partial charge in [-0.3, -0.25) is 4.79 Å². The summed E-state index contributed by atoms with van der Waals surface area (Å²) in [6, 6.07) is 9.81. The van der Waals surface area contributed by atoms with Crippen molar-refractivity contribution in [3.63, 3.8) is 0 Å². The van der Waals surface area contributed by atoms with Gasteiger partial charge in [0, 0.05) is 29.9 Å². The van der Waals surface area contributed by atoms with Crippen molar-refractivity contribution in [2.24, 2.45) is 5.92 Å². The van der Waals surface area contributed by atoms with Gasteiger partial charge in [0.1, 0.15) is 0 Å². The van der Waals surface area contributed by atoms with Crippen molar-refractivity contribution in [3.8, 4) is 11.3 Å². The van der Waals surface area contributed by atoms with Crippen molar-refractivity contribution in [2.45, 2.75) is 51.0 Å². The van der Waals surface area contributed by atoms with Gasteiger partial charge in [0.05, 0.1) is 18.3 Å². The summed E-state index contributed by atoms with van der Waals surface area (Å²) in [5.74, 6) is 0.928. The Morgan fingerprint density at radius 2 is 1.96 bits per heavy atom. The molecular formula is C22H28N4O2. The summed E-state index contributed by atoms with van der Waals surface area (Å²) >= 11 is 0. The maximum absolute atomic E-state index is 12.4. The molecule has 0 radical (unpaired) electrons. The maximum atomic E-state index is 12.4. The zero-order valence-electron chi connectivity index (χ0n) is 16.2. The number of nitrogens with zero attached hydrogens (tertiary/aromatic N) is 3. The number of aliphatic hydroxyl groups is 1. The first-order chi connectivity index (χ1) is 13.7. The lowest BCUT2D eigenvalue weighted by Crippen LogP contribution is -2.42. The number of rotatable bonds is 5. The van der Waals surface area contributed by atoms with Crippen molar-refractivity contribution in [2.75, 3.05) is 23.4 Å². The second-order valence-corrected chi connectivity index (χ2v) is 7.82. The van der Waals surface area contributed by atoms with Gasteiger partial charge in [-0.05, 0) is 50.3 Å². The first kappa shape index (κ1) is 18.9. The van der Waals surface area contributed by atoms with Gasteiger partial charge in [-0.1, -0.05) is 25.0 Å². The van der Waals surface area contributed by atoms with Crippen molar-refractivity contribution in [1.29, 1.82) is 0 Å². The fraction of sp³-hybridized carbons (Fsp3) is 0.500. The van der Waals surface area contributed by atoms with E-state index in [4.69, 9.17) is 4.98 Å². The molecule has 28 heavy (non-hydrogen) atoms. The molecule has 148 valence electrons. The van der Waals surface area contributed by atoms with Gasteiger partial charge < -0.3 is 15.3 Å². The van der Waals surface area contributed by atoms with Crippen LogP contribution in [-0.2, 0) is 4.79 Å². The number of anilines is 2. The van der Waals surface area contributed by atoms with Crippen LogP contribution in [0.5, 0.6) is 0 Å². The zero-order valence-corrected chi connectivity index (χ0v) is 16.2. The highest BCUT2D eigenvalue weighted by molar-refractivity contribution is 5.93. The molecule has 1 saturated heterocycles. The molecule has 0 unspecified atom stereocenters. The lowest BCUT2D eigenvalue weighted by atomic mass is 10.0. The van der Waals surface area contributed by atoms with Gasteiger partial charge >= 0.3 is 0 Å². The molecule has 1 aliphatic heterocycles. The molecule has 0 spiro atoms. The second kappa shape index (κ2) is 8.69. The number of carbonyl (C=O) groups is 1. The molecule has 1 atom stereocenters. The minimum Gasteiger partial charge on any atom is -0.394 e. The number of amides is 1. The second-order valence-electron chi connectivity index (χ2n) is 7.82. The van der Waals surface area contributed by atoms with Crippen LogP contribution in [0.2, 0.25) is 0 Å². The van der Waals surface area contributed by atoms with E-state index in [2.05, 4.69) is 15.2 Å². The third-order valence-corrected chi connectivity index (χ3v) is 5.89. The Hall–Kier alpha value is -2.47. The van der Waals surface area contributed by atoms with E-state index in [0.717, 1.165) is 68.4 Å². The van der Waals surface area contributed by atoms with E-state index in [1.54, 1.807) is 6.20 Å². The summed E-state index contributed by atoms with van der Waals surface area (Å²) in [5, 5.41) is 12.7.